The van der Waals surface area contributed by atoms with Gasteiger partial charge in [-0.05, 0) is 24.6 Å². The Hall–Kier alpha value is -0.380. The van der Waals surface area contributed by atoms with E-state index in [0.717, 1.165) is 30.7 Å². The first kappa shape index (κ1) is 11.1. The van der Waals surface area contributed by atoms with Gasteiger partial charge < -0.3 is 4.74 Å². The number of benzene rings is 1. The van der Waals surface area contributed by atoms with Gasteiger partial charge in [0, 0.05) is 24.1 Å². The van der Waals surface area contributed by atoms with Gasteiger partial charge in [-0.2, -0.15) is 0 Å². The van der Waals surface area contributed by atoms with Crippen LogP contribution in [0, 0.1) is 0 Å². The van der Waals surface area contributed by atoms with Crippen LogP contribution < -0.4 is 0 Å². The molecule has 82 valence electrons. The minimum Gasteiger partial charge on any atom is -0.376 e. The zero-order valence-electron chi connectivity index (χ0n) is 8.95. The van der Waals surface area contributed by atoms with E-state index in [1.807, 2.05) is 0 Å². The van der Waals surface area contributed by atoms with Crippen molar-refractivity contribution in [3.05, 3.63) is 34.3 Å². The van der Waals surface area contributed by atoms with Crippen LogP contribution in [0.25, 0.3) is 0 Å². The Morgan fingerprint density at radius 3 is 3.13 bits per heavy atom. The lowest BCUT2D eigenvalue weighted by molar-refractivity contribution is -0.0212. The van der Waals surface area contributed by atoms with Gasteiger partial charge in [-0.15, -0.1) is 0 Å². The van der Waals surface area contributed by atoms with Crippen molar-refractivity contribution in [2.24, 2.45) is 0 Å². The molecule has 0 radical (unpaired) electrons. The third-order valence-corrected chi connectivity index (χ3v) is 3.11. The molecular weight excluding hydrogens is 254 g/mol. The van der Waals surface area contributed by atoms with Crippen LogP contribution in [0.2, 0.25) is 0 Å². The van der Waals surface area contributed by atoms with E-state index in [0.29, 0.717) is 6.10 Å². The average molecular weight is 270 g/mol. The predicted molar refractivity (Wildman–Crippen MR) is 64.8 cm³/mol. The first-order valence-corrected chi connectivity index (χ1v) is 6.12. The zero-order valence-corrected chi connectivity index (χ0v) is 10.5. The summed E-state index contributed by atoms with van der Waals surface area (Å²) < 4.78 is 6.67. The fraction of sp³-hybridized carbons (Fsp3) is 0.500. The Bertz CT molecular complexity index is 329. The van der Waals surface area contributed by atoms with Crippen LogP contribution in [0.5, 0.6) is 0 Å². The molecule has 1 aromatic carbocycles. The number of nitrogens with zero attached hydrogens (tertiary/aromatic N) is 1. The number of rotatable bonds is 2. The maximum absolute atomic E-state index is 5.52. The van der Waals surface area contributed by atoms with Gasteiger partial charge in [0.2, 0.25) is 0 Å². The van der Waals surface area contributed by atoms with E-state index >= 15 is 0 Å². The molecule has 0 spiro atoms. The van der Waals surface area contributed by atoms with E-state index in [2.05, 4.69) is 52.0 Å². The lowest BCUT2D eigenvalue weighted by atomic mass is 10.2. The molecule has 1 saturated heterocycles. The van der Waals surface area contributed by atoms with Crippen LogP contribution in [0.4, 0.5) is 0 Å². The molecule has 0 amide bonds. The highest BCUT2D eigenvalue weighted by Crippen LogP contribution is 2.15. The quantitative estimate of drug-likeness (QED) is 0.819. The monoisotopic (exact) mass is 269 g/mol. The molecule has 1 unspecified atom stereocenters. The van der Waals surface area contributed by atoms with Crippen molar-refractivity contribution < 1.29 is 4.74 Å². The molecule has 3 heteroatoms. The third kappa shape index (κ3) is 3.30. The van der Waals surface area contributed by atoms with Crippen LogP contribution in [0.15, 0.2) is 28.7 Å². The molecule has 15 heavy (non-hydrogen) atoms. The minimum absolute atomic E-state index is 0.367. The fourth-order valence-electron chi connectivity index (χ4n) is 1.93. The van der Waals surface area contributed by atoms with E-state index in [-0.39, 0.29) is 0 Å². The van der Waals surface area contributed by atoms with Crippen LogP contribution in [0.3, 0.4) is 0 Å². The number of ether oxygens (including phenoxy) is 1. The molecule has 1 aromatic rings. The molecule has 0 aromatic heterocycles. The van der Waals surface area contributed by atoms with Gasteiger partial charge in [0.25, 0.3) is 0 Å². The second-order valence-electron chi connectivity index (χ2n) is 4.05. The smallest absolute Gasteiger partial charge is 0.0674 e. The molecule has 2 rings (SSSR count). The maximum atomic E-state index is 5.52. The zero-order chi connectivity index (χ0) is 10.7. The second-order valence-corrected chi connectivity index (χ2v) is 4.96. The number of hydrogen-bond donors (Lipinski definition) is 0. The summed E-state index contributed by atoms with van der Waals surface area (Å²) in [5, 5.41) is 0. The molecule has 1 aliphatic rings. The highest BCUT2D eigenvalue weighted by molar-refractivity contribution is 9.10. The highest BCUT2D eigenvalue weighted by atomic mass is 79.9. The van der Waals surface area contributed by atoms with E-state index in [1.54, 1.807) is 0 Å². The predicted octanol–water partition coefficient (Wildman–Crippen LogP) is 2.67. The van der Waals surface area contributed by atoms with Crippen LogP contribution >= 0.6 is 15.9 Å². The summed E-state index contributed by atoms with van der Waals surface area (Å²) in [5.41, 5.74) is 1.36. The number of morpholine rings is 1. The van der Waals surface area contributed by atoms with Crippen molar-refractivity contribution in [3.8, 4) is 0 Å². The Labute approximate surface area is 99.4 Å². The van der Waals surface area contributed by atoms with Crippen molar-refractivity contribution in [2.75, 3.05) is 19.7 Å². The van der Waals surface area contributed by atoms with Gasteiger partial charge in [-0.1, -0.05) is 28.1 Å². The normalized spacial score (nSPS) is 22.9. The number of hydrogen-bond acceptors (Lipinski definition) is 2. The van der Waals surface area contributed by atoms with Crippen molar-refractivity contribution in [1.29, 1.82) is 0 Å². The maximum Gasteiger partial charge on any atom is 0.0674 e. The average Bonchev–Trinajstić information content (AvgIpc) is 2.17. The first-order chi connectivity index (χ1) is 7.24. The van der Waals surface area contributed by atoms with E-state index in [9.17, 15) is 0 Å². The Balaban J connectivity index is 1.96. The van der Waals surface area contributed by atoms with Gasteiger partial charge in [0.1, 0.15) is 0 Å². The molecule has 0 N–H and O–H groups in total. The molecule has 1 atom stereocenters. The number of halogens is 1. The van der Waals surface area contributed by atoms with Crippen molar-refractivity contribution in [2.45, 2.75) is 19.6 Å². The topological polar surface area (TPSA) is 12.5 Å². The Kier molecular flexibility index (Phi) is 3.78. The standard InChI is InChI=1S/C12H16BrNO/c1-10-8-14(5-6-15-10)9-11-3-2-4-12(13)7-11/h2-4,7,10H,5-6,8-9H2,1H3. The summed E-state index contributed by atoms with van der Waals surface area (Å²) in [6, 6.07) is 8.50. The summed E-state index contributed by atoms with van der Waals surface area (Å²) in [5.74, 6) is 0. The summed E-state index contributed by atoms with van der Waals surface area (Å²) in [7, 11) is 0. The third-order valence-electron chi connectivity index (χ3n) is 2.62. The molecule has 0 saturated carbocycles. The summed E-state index contributed by atoms with van der Waals surface area (Å²) in [4.78, 5) is 2.44. The lowest BCUT2D eigenvalue weighted by Crippen LogP contribution is -2.40. The first-order valence-electron chi connectivity index (χ1n) is 5.32. The highest BCUT2D eigenvalue weighted by Gasteiger charge is 2.16. The summed E-state index contributed by atoms with van der Waals surface area (Å²) >= 11 is 3.50. The lowest BCUT2D eigenvalue weighted by Gasteiger charge is -2.31. The van der Waals surface area contributed by atoms with Gasteiger partial charge in [-0.3, -0.25) is 4.90 Å². The molecule has 1 fully saturated rings. The van der Waals surface area contributed by atoms with Gasteiger partial charge in [0.05, 0.1) is 12.7 Å². The Morgan fingerprint density at radius 2 is 2.40 bits per heavy atom. The molecule has 1 heterocycles. The molecule has 0 bridgehead atoms. The van der Waals surface area contributed by atoms with Gasteiger partial charge in [0.15, 0.2) is 0 Å². The second kappa shape index (κ2) is 5.10. The van der Waals surface area contributed by atoms with Crippen molar-refractivity contribution >= 4 is 15.9 Å². The van der Waals surface area contributed by atoms with Crippen molar-refractivity contribution in [3.63, 3.8) is 0 Å². The molecule has 1 aliphatic heterocycles. The fourth-order valence-corrected chi connectivity index (χ4v) is 2.37. The summed E-state index contributed by atoms with van der Waals surface area (Å²) in [6.45, 7) is 6.08. The summed E-state index contributed by atoms with van der Waals surface area (Å²) in [6.07, 6.45) is 0.367. The van der Waals surface area contributed by atoms with E-state index in [1.165, 1.54) is 5.56 Å². The van der Waals surface area contributed by atoms with Crippen LogP contribution in [-0.2, 0) is 11.3 Å². The Morgan fingerprint density at radius 1 is 1.53 bits per heavy atom. The minimum atomic E-state index is 0.367. The molecular formula is C12H16BrNO. The van der Waals surface area contributed by atoms with Gasteiger partial charge >= 0.3 is 0 Å². The van der Waals surface area contributed by atoms with E-state index < -0.39 is 0 Å². The molecule has 0 aliphatic carbocycles. The molecule has 2 nitrogen and oxygen atoms in total. The van der Waals surface area contributed by atoms with Crippen molar-refractivity contribution in [1.82, 2.24) is 4.90 Å². The van der Waals surface area contributed by atoms with E-state index in [4.69, 9.17) is 4.74 Å². The van der Waals surface area contributed by atoms with Crippen LogP contribution in [0.1, 0.15) is 12.5 Å². The van der Waals surface area contributed by atoms with Crippen LogP contribution in [-0.4, -0.2) is 30.7 Å². The SMILES string of the molecule is CC1CN(Cc2cccc(Br)c2)CCO1. The van der Waals surface area contributed by atoms with Gasteiger partial charge in [-0.25, -0.2) is 0 Å². The largest absolute Gasteiger partial charge is 0.376 e.